The molecular weight excluding hydrogens is 314 g/mol. The summed E-state index contributed by atoms with van der Waals surface area (Å²) in [6.45, 7) is 6.55. The first-order valence-corrected chi connectivity index (χ1v) is 8.94. The highest BCUT2D eigenvalue weighted by Gasteiger charge is 2.17. The molecule has 23 heavy (non-hydrogen) atoms. The van der Waals surface area contributed by atoms with Crippen LogP contribution in [0, 0.1) is 6.92 Å². The van der Waals surface area contributed by atoms with Crippen LogP contribution in [-0.2, 0) is 10.0 Å². The number of nitrogens with one attached hydrogen (secondary N) is 1. The monoisotopic (exact) mass is 335 g/mol. The molecule has 0 amide bonds. The van der Waals surface area contributed by atoms with Crippen LogP contribution in [0.25, 0.3) is 0 Å². The van der Waals surface area contributed by atoms with E-state index in [9.17, 15) is 8.42 Å². The third kappa shape index (κ3) is 4.16. The molecular formula is C17H21NO4S. The number of hydrogen-bond donors (Lipinski definition) is 1. The van der Waals surface area contributed by atoms with Crippen molar-refractivity contribution in [3.8, 4) is 11.5 Å². The summed E-state index contributed by atoms with van der Waals surface area (Å²) in [4.78, 5) is 0.185. The third-order valence-corrected chi connectivity index (χ3v) is 4.55. The van der Waals surface area contributed by atoms with Crippen molar-refractivity contribution in [1.82, 2.24) is 0 Å². The molecule has 0 unspecified atom stereocenters. The maximum atomic E-state index is 12.6. The molecule has 0 fully saturated rings. The number of para-hydroxylation sites is 2. The van der Waals surface area contributed by atoms with E-state index in [0.717, 1.165) is 5.56 Å². The first-order chi connectivity index (χ1) is 11.0. The molecule has 5 nitrogen and oxygen atoms in total. The van der Waals surface area contributed by atoms with Crippen molar-refractivity contribution < 1.29 is 17.9 Å². The first kappa shape index (κ1) is 17.1. The maximum absolute atomic E-state index is 12.6. The van der Waals surface area contributed by atoms with Crippen LogP contribution in [0.1, 0.15) is 19.4 Å². The van der Waals surface area contributed by atoms with Crippen molar-refractivity contribution in [2.75, 3.05) is 17.9 Å². The molecule has 6 heteroatoms. The Balaban J connectivity index is 2.31. The molecule has 0 saturated carbocycles. The quantitative estimate of drug-likeness (QED) is 0.840. The molecule has 2 aromatic rings. The predicted octanol–water partition coefficient (Wildman–Crippen LogP) is 3.59. The van der Waals surface area contributed by atoms with E-state index in [0.29, 0.717) is 30.4 Å². The van der Waals surface area contributed by atoms with Gasteiger partial charge in [0.25, 0.3) is 10.0 Å². The van der Waals surface area contributed by atoms with Crippen LogP contribution < -0.4 is 14.2 Å². The Hall–Kier alpha value is -2.21. The molecule has 124 valence electrons. The summed E-state index contributed by atoms with van der Waals surface area (Å²) in [5.74, 6) is 1.18. The fourth-order valence-corrected chi connectivity index (χ4v) is 3.30. The lowest BCUT2D eigenvalue weighted by Gasteiger charge is -2.14. The molecule has 0 heterocycles. The molecule has 0 aliphatic carbocycles. The number of ether oxygens (including phenoxy) is 2. The lowest BCUT2D eigenvalue weighted by Crippen LogP contribution is -2.14. The normalized spacial score (nSPS) is 11.1. The molecule has 2 rings (SSSR count). The van der Waals surface area contributed by atoms with Gasteiger partial charge in [0.1, 0.15) is 11.5 Å². The topological polar surface area (TPSA) is 64.6 Å². The number of benzene rings is 2. The standard InChI is InChI=1S/C17H21NO4S/c1-4-21-16-11-10-14(12-13(16)3)23(19,20)18-15-8-6-7-9-17(15)22-5-2/h6-12,18H,4-5H2,1-3H3. The zero-order valence-electron chi connectivity index (χ0n) is 13.5. The van der Waals surface area contributed by atoms with Crippen molar-refractivity contribution in [3.05, 3.63) is 48.0 Å². The van der Waals surface area contributed by atoms with Gasteiger partial charge in [0.05, 0.1) is 23.8 Å². The predicted molar refractivity (Wildman–Crippen MR) is 90.8 cm³/mol. The fourth-order valence-electron chi connectivity index (χ4n) is 2.14. The van der Waals surface area contributed by atoms with E-state index in [4.69, 9.17) is 9.47 Å². The zero-order valence-corrected chi connectivity index (χ0v) is 14.3. The number of aryl methyl sites for hydroxylation is 1. The lowest BCUT2D eigenvalue weighted by molar-refractivity contribution is 0.337. The summed E-state index contributed by atoms with van der Waals surface area (Å²) in [5.41, 5.74) is 1.19. The molecule has 1 N–H and O–H groups in total. The Morgan fingerprint density at radius 1 is 0.957 bits per heavy atom. The van der Waals surface area contributed by atoms with E-state index in [2.05, 4.69) is 4.72 Å². The minimum absolute atomic E-state index is 0.185. The Morgan fingerprint density at radius 2 is 1.61 bits per heavy atom. The van der Waals surface area contributed by atoms with E-state index in [-0.39, 0.29) is 4.90 Å². The van der Waals surface area contributed by atoms with Crippen LogP contribution in [0.2, 0.25) is 0 Å². The molecule has 0 bridgehead atoms. The van der Waals surface area contributed by atoms with Crippen LogP contribution in [0.5, 0.6) is 11.5 Å². The third-order valence-electron chi connectivity index (χ3n) is 3.19. The summed E-state index contributed by atoms with van der Waals surface area (Å²) in [6, 6.07) is 11.7. The molecule has 0 atom stereocenters. The number of sulfonamides is 1. The Kier molecular flexibility index (Phi) is 5.50. The molecule has 0 spiro atoms. The van der Waals surface area contributed by atoms with Gasteiger partial charge in [-0.15, -0.1) is 0 Å². The van der Waals surface area contributed by atoms with Gasteiger partial charge in [-0.05, 0) is 56.7 Å². The summed E-state index contributed by atoms with van der Waals surface area (Å²) < 4.78 is 38.6. The van der Waals surface area contributed by atoms with Crippen molar-refractivity contribution >= 4 is 15.7 Å². The van der Waals surface area contributed by atoms with Gasteiger partial charge in [0, 0.05) is 0 Å². The van der Waals surface area contributed by atoms with Gasteiger partial charge in [-0.25, -0.2) is 8.42 Å². The summed E-state index contributed by atoms with van der Waals surface area (Å²) in [6.07, 6.45) is 0. The largest absolute Gasteiger partial charge is 0.494 e. The number of anilines is 1. The first-order valence-electron chi connectivity index (χ1n) is 7.46. The van der Waals surface area contributed by atoms with Crippen molar-refractivity contribution in [2.45, 2.75) is 25.7 Å². The second-order valence-electron chi connectivity index (χ2n) is 4.89. The van der Waals surface area contributed by atoms with Gasteiger partial charge >= 0.3 is 0 Å². The average Bonchev–Trinajstić information content (AvgIpc) is 2.51. The minimum Gasteiger partial charge on any atom is -0.494 e. The van der Waals surface area contributed by atoms with E-state index >= 15 is 0 Å². The van der Waals surface area contributed by atoms with Crippen LogP contribution in [0.4, 0.5) is 5.69 Å². The second kappa shape index (κ2) is 7.37. The van der Waals surface area contributed by atoms with Crippen LogP contribution in [0.15, 0.2) is 47.4 Å². The van der Waals surface area contributed by atoms with Crippen molar-refractivity contribution in [3.63, 3.8) is 0 Å². The summed E-state index contributed by atoms with van der Waals surface area (Å²) >= 11 is 0. The molecule has 0 aliphatic heterocycles. The van der Waals surface area contributed by atoms with Gasteiger partial charge in [0.15, 0.2) is 0 Å². The number of hydrogen-bond acceptors (Lipinski definition) is 4. The highest BCUT2D eigenvalue weighted by molar-refractivity contribution is 7.92. The smallest absolute Gasteiger partial charge is 0.262 e. The van der Waals surface area contributed by atoms with Gasteiger partial charge in [0.2, 0.25) is 0 Å². The second-order valence-corrected chi connectivity index (χ2v) is 6.58. The highest BCUT2D eigenvalue weighted by atomic mass is 32.2. The average molecular weight is 335 g/mol. The van der Waals surface area contributed by atoms with Gasteiger partial charge in [-0.2, -0.15) is 0 Å². The SMILES string of the molecule is CCOc1ccc(S(=O)(=O)Nc2ccccc2OCC)cc1C. The molecule has 2 aromatic carbocycles. The Bertz CT molecular complexity index is 772. The van der Waals surface area contributed by atoms with Crippen LogP contribution in [-0.4, -0.2) is 21.6 Å². The van der Waals surface area contributed by atoms with E-state index in [1.165, 1.54) is 6.07 Å². The summed E-state index contributed by atoms with van der Waals surface area (Å²) in [5, 5.41) is 0. The molecule has 0 aromatic heterocycles. The number of rotatable bonds is 7. The van der Waals surface area contributed by atoms with Gasteiger partial charge < -0.3 is 9.47 Å². The van der Waals surface area contributed by atoms with E-state index in [1.807, 2.05) is 20.8 Å². The Morgan fingerprint density at radius 3 is 2.26 bits per heavy atom. The maximum Gasteiger partial charge on any atom is 0.262 e. The van der Waals surface area contributed by atoms with Crippen LogP contribution >= 0.6 is 0 Å². The fraction of sp³-hybridized carbons (Fsp3) is 0.294. The van der Waals surface area contributed by atoms with Crippen molar-refractivity contribution in [2.24, 2.45) is 0 Å². The van der Waals surface area contributed by atoms with E-state index in [1.54, 1.807) is 36.4 Å². The van der Waals surface area contributed by atoms with Gasteiger partial charge in [-0.3, -0.25) is 4.72 Å². The molecule has 0 saturated heterocycles. The zero-order chi connectivity index (χ0) is 16.9. The van der Waals surface area contributed by atoms with E-state index < -0.39 is 10.0 Å². The van der Waals surface area contributed by atoms with Crippen LogP contribution in [0.3, 0.4) is 0 Å². The highest BCUT2D eigenvalue weighted by Crippen LogP contribution is 2.28. The van der Waals surface area contributed by atoms with Crippen molar-refractivity contribution in [1.29, 1.82) is 0 Å². The molecule has 0 aliphatic rings. The minimum atomic E-state index is -3.69. The van der Waals surface area contributed by atoms with Gasteiger partial charge in [-0.1, -0.05) is 12.1 Å². The lowest BCUT2D eigenvalue weighted by atomic mass is 10.2. The summed E-state index contributed by atoms with van der Waals surface area (Å²) in [7, 11) is -3.69. The molecule has 0 radical (unpaired) electrons. The Labute approximate surface area is 137 Å².